The lowest BCUT2D eigenvalue weighted by atomic mass is 10.1. The van der Waals surface area contributed by atoms with Crippen molar-refractivity contribution in [3.05, 3.63) is 29.6 Å². The van der Waals surface area contributed by atoms with Crippen LogP contribution in [-0.4, -0.2) is 50.1 Å². The number of nitrogens with zero attached hydrogens (tertiary/aromatic N) is 2. The van der Waals surface area contributed by atoms with Gasteiger partial charge < -0.3 is 21.3 Å². The zero-order valence-corrected chi connectivity index (χ0v) is 11.0. The van der Waals surface area contributed by atoms with Gasteiger partial charge in [0.05, 0.1) is 17.3 Å². The third kappa shape index (κ3) is 2.85. The van der Waals surface area contributed by atoms with Gasteiger partial charge in [0.15, 0.2) is 0 Å². The standard InChI is InChI=1S/C13H19FN4O/c1-17-4-5-18(10(7-15)8-17)12-3-2-9(14)6-11(12)13(16)19/h2-3,6,10H,4-5,7-8,15H2,1H3,(H2,16,19). The Morgan fingerprint density at radius 1 is 1.47 bits per heavy atom. The van der Waals surface area contributed by atoms with Gasteiger partial charge in [-0.05, 0) is 25.2 Å². The van der Waals surface area contributed by atoms with Crippen molar-refractivity contribution >= 4 is 11.6 Å². The minimum absolute atomic E-state index is 0.0994. The van der Waals surface area contributed by atoms with Gasteiger partial charge in [0.2, 0.25) is 0 Å². The molecule has 1 aromatic rings. The number of piperazine rings is 1. The molecule has 1 amide bonds. The highest BCUT2D eigenvalue weighted by atomic mass is 19.1. The molecule has 1 atom stereocenters. The molecule has 5 nitrogen and oxygen atoms in total. The summed E-state index contributed by atoms with van der Waals surface area (Å²) >= 11 is 0. The minimum atomic E-state index is -0.621. The van der Waals surface area contributed by atoms with Crippen LogP contribution in [-0.2, 0) is 0 Å². The highest BCUT2D eigenvalue weighted by molar-refractivity contribution is 5.98. The summed E-state index contributed by atoms with van der Waals surface area (Å²) < 4.78 is 13.3. The molecule has 4 N–H and O–H groups in total. The molecule has 1 aliphatic heterocycles. The first-order chi connectivity index (χ1) is 9.02. The highest BCUT2D eigenvalue weighted by Gasteiger charge is 2.27. The predicted octanol–water partition coefficient (Wildman–Crippen LogP) is 0.00370. The normalized spacial score (nSPS) is 20.6. The maximum atomic E-state index is 13.3. The lowest BCUT2D eigenvalue weighted by molar-refractivity contribution is 0.1000. The summed E-state index contributed by atoms with van der Waals surface area (Å²) in [5.41, 5.74) is 12.0. The van der Waals surface area contributed by atoms with Crippen LogP contribution in [0.2, 0.25) is 0 Å². The molecule has 0 aromatic heterocycles. The Labute approximate surface area is 112 Å². The average Bonchev–Trinajstić information content (AvgIpc) is 2.38. The fourth-order valence-electron chi connectivity index (χ4n) is 2.49. The van der Waals surface area contributed by atoms with Gasteiger partial charge in [0.1, 0.15) is 5.82 Å². The van der Waals surface area contributed by atoms with Crippen molar-refractivity contribution < 1.29 is 9.18 Å². The first-order valence-corrected chi connectivity index (χ1v) is 6.27. The van der Waals surface area contributed by atoms with Gasteiger partial charge in [-0.25, -0.2) is 4.39 Å². The quantitative estimate of drug-likeness (QED) is 0.807. The molecule has 0 aliphatic carbocycles. The second-order valence-corrected chi connectivity index (χ2v) is 4.87. The molecule has 0 radical (unpaired) electrons. The van der Waals surface area contributed by atoms with E-state index in [0.29, 0.717) is 12.2 Å². The number of likely N-dealkylation sites (N-methyl/N-ethyl adjacent to an activating group) is 1. The van der Waals surface area contributed by atoms with Gasteiger partial charge in [-0.1, -0.05) is 0 Å². The summed E-state index contributed by atoms with van der Waals surface area (Å²) in [6.07, 6.45) is 0. The molecule has 1 aliphatic rings. The van der Waals surface area contributed by atoms with Crippen LogP contribution < -0.4 is 16.4 Å². The molecule has 1 heterocycles. The Kier molecular flexibility index (Phi) is 4.01. The molecule has 6 heteroatoms. The van der Waals surface area contributed by atoms with Crippen LogP contribution in [0, 0.1) is 5.82 Å². The highest BCUT2D eigenvalue weighted by Crippen LogP contribution is 2.25. The van der Waals surface area contributed by atoms with Crippen LogP contribution in [0.25, 0.3) is 0 Å². The molecule has 1 aromatic carbocycles. The van der Waals surface area contributed by atoms with Crippen molar-refractivity contribution in [3.8, 4) is 0 Å². The van der Waals surface area contributed by atoms with Crippen LogP contribution in [0.1, 0.15) is 10.4 Å². The number of anilines is 1. The number of amides is 1. The summed E-state index contributed by atoms with van der Waals surface area (Å²) in [6.45, 7) is 2.89. The summed E-state index contributed by atoms with van der Waals surface area (Å²) in [6, 6.07) is 4.22. The van der Waals surface area contributed by atoms with Crippen molar-refractivity contribution in [2.24, 2.45) is 11.5 Å². The number of hydrogen-bond acceptors (Lipinski definition) is 4. The topological polar surface area (TPSA) is 75.6 Å². The number of rotatable bonds is 3. The van der Waals surface area contributed by atoms with Crippen LogP contribution >= 0.6 is 0 Å². The van der Waals surface area contributed by atoms with Crippen molar-refractivity contribution in [3.63, 3.8) is 0 Å². The number of nitrogens with two attached hydrogens (primary N) is 2. The van der Waals surface area contributed by atoms with Gasteiger partial charge in [0.25, 0.3) is 5.91 Å². The Bertz CT molecular complexity index is 480. The van der Waals surface area contributed by atoms with Crippen LogP contribution in [0.4, 0.5) is 10.1 Å². The summed E-state index contributed by atoms with van der Waals surface area (Å²) in [5, 5.41) is 0. The lowest BCUT2D eigenvalue weighted by Gasteiger charge is -2.41. The Hall–Kier alpha value is -1.66. The number of benzene rings is 1. The molecule has 0 bridgehead atoms. The van der Waals surface area contributed by atoms with E-state index in [-0.39, 0.29) is 11.6 Å². The minimum Gasteiger partial charge on any atom is -0.366 e. The number of halogens is 1. The number of carbonyl (C=O) groups is 1. The molecule has 0 saturated carbocycles. The Morgan fingerprint density at radius 2 is 2.21 bits per heavy atom. The van der Waals surface area contributed by atoms with E-state index < -0.39 is 11.7 Å². The van der Waals surface area contributed by atoms with Crippen molar-refractivity contribution in [1.82, 2.24) is 4.90 Å². The van der Waals surface area contributed by atoms with E-state index in [1.54, 1.807) is 6.07 Å². The fraction of sp³-hybridized carbons (Fsp3) is 0.462. The van der Waals surface area contributed by atoms with E-state index in [9.17, 15) is 9.18 Å². The van der Waals surface area contributed by atoms with Crippen LogP contribution in [0.5, 0.6) is 0 Å². The van der Waals surface area contributed by atoms with Crippen LogP contribution in [0.15, 0.2) is 18.2 Å². The largest absolute Gasteiger partial charge is 0.366 e. The maximum Gasteiger partial charge on any atom is 0.250 e. The molecule has 104 valence electrons. The van der Waals surface area contributed by atoms with E-state index in [1.807, 2.05) is 11.9 Å². The van der Waals surface area contributed by atoms with E-state index in [4.69, 9.17) is 11.5 Å². The molecule has 2 rings (SSSR count). The Balaban J connectivity index is 2.37. The van der Waals surface area contributed by atoms with Gasteiger partial charge in [0, 0.05) is 26.2 Å². The van der Waals surface area contributed by atoms with Gasteiger partial charge in [-0.2, -0.15) is 0 Å². The zero-order chi connectivity index (χ0) is 14.0. The third-order valence-corrected chi connectivity index (χ3v) is 3.49. The third-order valence-electron chi connectivity index (χ3n) is 3.49. The number of carbonyl (C=O) groups excluding carboxylic acids is 1. The number of hydrogen-bond donors (Lipinski definition) is 2. The van der Waals surface area contributed by atoms with Gasteiger partial charge in [-0.3, -0.25) is 4.79 Å². The van der Waals surface area contributed by atoms with E-state index >= 15 is 0 Å². The van der Waals surface area contributed by atoms with Gasteiger partial charge in [-0.15, -0.1) is 0 Å². The summed E-state index contributed by atoms with van der Waals surface area (Å²) in [7, 11) is 2.03. The smallest absolute Gasteiger partial charge is 0.250 e. The van der Waals surface area contributed by atoms with E-state index in [0.717, 1.165) is 19.6 Å². The predicted molar refractivity (Wildman–Crippen MR) is 72.6 cm³/mol. The molecule has 1 fully saturated rings. The van der Waals surface area contributed by atoms with Crippen molar-refractivity contribution in [2.75, 3.05) is 38.1 Å². The maximum absolute atomic E-state index is 13.3. The van der Waals surface area contributed by atoms with E-state index in [1.165, 1.54) is 12.1 Å². The second-order valence-electron chi connectivity index (χ2n) is 4.87. The average molecular weight is 266 g/mol. The van der Waals surface area contributed by atoms with Gasteiger partial charge >= 0.3 is 0 Å². The monoisotopic (exact) mass is 266 g/mol. The fourth-order valence-corrected chi connectivity index (χ4v) is 2.49. The summed E-state index contributed by atoms with van der Waals surface area (Å²) in [5.74, 6) is -1.08. The molecule has 19 heavy (non-hydrogen) atoms. The lowest BCUT2D eigenvalue weighted by Crippen LogP contribution is -2.55. The van der Waals surface area contributed by atoms with Crippen molar-refractivity contribution in [1.29, 1.82) is 0 Å². The molecular weight excluding hydrogens is 247 g/mol. The van der Waals surface area contributed by atoms with E-state index in [2.05, 4.69) is 4.90 Å². The first kappa shape index (κ1) is 13.8. The zero-order valence-electron chi connectivity index (χ0n) is 11.0. The SMILES string of the molecule is CN1CCN(c2ccc(F)cc2C(N)=O)C(CN)C1. The molecule has 1 unspecified atom stereocenters. The molecule has 1 saturated heterocycles. The first-order valence-electron chi connectivity index (χ1n) is 6.27. The second kappa shape index (κ2) is 5.54. The molecular formula is C13H19FN4O. The van der Waals surface area contributed by atoms with Crippen molar-refractivity contribution in [2.45, 2.75) is 6.04 Å². The number of primary amides is 1. The van der Waals surface area contributed by atoms with Crippen LogP contribution in [0.3, 0.4) is 0 Å². The summed E-state index contributed by atoms with van der Waals surface area (Å²) in [4.78, 5) is 15.7. The Morgan fingerprint density at radius 3 is 2.84 bits per heavy atom. The molecule has 0 spiro atoms.